The number of hydrogen-bond donors (Lipinski definition) is 0. The van der Waals surface area contributed by atoms with Crippen LogP contribution in [0.1, 0.15) is 10.4 Å². The molecule has 8 nitrogen and oxygen atoms in total. The van der Waals surface area contributed by atoms with Gasteiger partial charge in [0.2, 0.25) is 10.0 Å². The number of carbonyl (C=O) groups excluding carboxylic acids is 2. The molecule has 0 aliphatic carbocycles. The minimum atomic E-state index is -3.60. The molecule has 1 amide bonds. The predicted octanol–water partition coefficient (Wildman–Crippen LogP) is -0.0475. The Kier molecular flexibility index (Phi) is 5.92. The highest BCUT2D eigenvalue weighted by molar-refractivity contribution is 7.89. The standard InChI is InChI=1S/C15H20N2O6S/c1-16(2)14(18)11-23-15(19)12-3-5-13(6-4-12)24(20,21)17-7-9-22-10-8-17/h3-6H,7-11H2,1-2H3. The number of likely N-dealkylation sites (N-methyl/N-ethyl adjacent to an activating group) is 1. The maximum atomic E-state index is 12.5. The smallest absolute Gasteiger partial charge is 0.338 e. The minimum Gasteiger partial charge on any atom is -0.452 e. The zero-order valence-electron chi connectivity index (χ0n) is 13.6. The summed E-state index contributed by atoms with van der Waals surface area (Å²) >= 11 is 0. The molecule has 2 rings (SSSR count). The Morgan fingerprint density at radius 2 is 1.75 bits per heavy atom. The number of sulfonamides is 1. The Balaban J connectivity index is 2.04. The van der Waals surface area contributed by atoms with Gasteiger partial charge in [-0.1, -0.05) is 0 Å². The number of carbonyl (C=O) groups is 2. The van der Waals surface area contributed by atoms with Crippen molar-refractivity contribution in [3.8, 4) is 0 Å². The van der Waals surface area contributed by atoms with Crippen LogP contribution >= 0.6 is 0 Å². The number of nitrogens with zero attached hydrogens (tertiary/aromatic N) is 2. The molecular weight excluding hydrogens is 336 g/mol. The molecule has 1 fully saturated rings. The van der Waals surface area contributed by atoms with Crippen molar-refractivity contribution in [2.75, 3.05) is 47.0 Å². The van der Waals surface area contributed by atoms with Gasteiger partial charge in [0.15, 0.2) is 6.61 Å². The van der Waals surface area contributed by atoms with Crippen LogP contribution in [0.2, 0.25) is 0 Å². The van der Waals surface area contributed by atoms with Crippen molar-refractivity contribution in [3.63, 3.8) is 0 Å². The van der Waals surface area contributed by atoms with Gasteiger partial charge in [-0.25, -0.2) is 13.2 Å². The maximum absolute atomic E-state index is 12.5. The number of rotatable bonds is 5. The molecule has 0 radical (unpaired) electrons. The van der Waals surface area contributed by atoms with Crippen LogP contribution in [0.3, 0.4) is 0 Å². The Bertz CT molecular complexity index is 693. The molecule has 24 heavy (non-hydrogen) atoms. The third kappa shape index (κ3) is 4.31. The average molecular weight is 356 g/mol. The fourth-order valence-corrected chi connectivity index (χ4v) is 3.45. The minimum absolute atomic E-state index is 0.102. The lowest BCUT2D eigenvalue weighted by molar-refractivity contribution is -0.131. The predicted molar refractivity (Wildman–Crippen MR) is 85.0 cm³/mol. The fraction of sp³-hybridized carbons (Fsp3) is 0.467. The van der Waals surface area contributed by atoms with Crippen molar-refractivity contribution in [1.82, 2.24) is 9.21 Å². The van der Waals surface area contributed by atoms with Gasteiger partial charge in [0.05, 0.1) is 23.7 Å². The lowest BCUT2D eigenvalue weighted by atomic mass is 10.2. The van der Waals surface area contributed by atoms with Gasteiger partial charge >= 0.3 is 5.97 Å². The van der Waals surface area contributed by atoms with Crippen LogP contribution in [0.5, 0.6) is 0 Å². The third-order valence-corrected chi connectivity index (χ3v) is 5.44. The van der Waals surface area contributed by atoms with E-state index < -0.39 is 16.0 Å². The lowest BCUT2D eigenvalue weighted by Crippen LogP contribution is -2.40. The van der Waals surface area contributed by atoms with Gasteiger partial charge in [0.1, 0.15) is 0 Å². The van der Waals surface area contributed by atoms with Crippen molar-refractivity contribution in [1.29, 1.82) is 0 Å². The topological polar surface area (TPSA) is 93.2 Å². The van der Waals surface area contributed by atoms with E-state index in [0.29, 0.717) is 26.3 Å². The summed E-state index contributed by atoms with van der Waals surface area (Å²) in [6, 6.07) is 5.45. The van der Waals surface area contributed by atoms with Crippen LogP contribution in [-0.4, -0.2) is 76.5 Å². The summed E-state index contributed by atoms with van der Waals surface area (Å²) in [5.41, 5.74) is 0.183. The zero-order chi connectivity index (χ0) is 17.7. The normalized spacial score (nSPS) is 15.8. The Hall–Kier alpha value is -1.97. The Morgan fingerprint density at radius 1 is 1.17 bits per heavy atom. The van der Waals surface area contributed by atoms with Crippen molar-refractivity contribution in [2.45, 2.75) is 4.90 Å². The monoisotopic (exact) mass is 356 g/mol. The molecule has 0 spiro atoms. The van der Waals surface area contributed by atoms with E-state index in [9.17, 15) is 18.0 Å². The van der Waals surface area contributed by atoms with Gasteiger partial charge in [-0.05, 0) is 24.3 Å². The molecule has 0 atom stereocenters. The van der Waals surface area contributed by atoms with Gasteiger partial charge in [-0.2, -0.15) is 4.31 Å². The van der Waals surface area contributed by atoms with E-state index in [-0.39, 0.29) is 23.0 Å². The number of ether oxygens (including phenoxy) is 2. The molecule has 0 unspecified atom stereocenters. The number of benzene rings is 1. The van der Waals surface area contributed by atoms with Crippen LogP contribution in [-0.2, 0) is 24.3 Å². The third-order valence-electron chi connectivity index (χ3n) is 3.52. The van der Waals surface area contributed by atoms with Gasteiger partial charge in [-0.15, -0.1) is 0 Å². The molecule has 1 aliphatic rings. The first-order valence-corrected chi connectivity index (χ1v) is 8.81. The first-order valence-electron chi connectivity index (χ1n) is 7.37. The Morgan fingerprint density at radius 3 is 2.29 bits per heavy atom. The van der Waals surface area contributed by atoms with Crippen LogP contribution in [0.25, 0.3) is 0 Å². The second-order valence-corrected chi connectivity index (χ2v) is 7.34. The number of hydrogen-bond acceptors (Lipinski definition) is 6. The molecular formula is C15H20N2O6S. The highest BCUT2D eigenvalue weighted by Gasteiger charge is 2.26. The summed E-state index contributed by atoms with van der Waals surface area (Å²) < 4.78 is 36.3. The summed E-state index contributed by atoms with van der Waals surface area (Å²) in [7, 11) is -0.487. The summed E-state index contributed by atoms with van der Waals surface area (Å²) in [6.45, 7) is 0.976. The van der Waals surface area contributed by atoms with Crippen molar-refractivity contribution < 1.29 is 27.5 Å². The highest BCUT2D eigenvalue weighted by Crippen LogP contribution is 2.18. The van der Waals surface area contributed by atoms with Gasteiger partial charge in [-0.3, -0.25) is 4.79 Å². The number of morpholine rings is 1. The van der Waals surface area contributed by atoms with Crippen LogP contribution in [0.15, 0.2) is 29.2 Å². The molecule has 1 saturated heterocycles. The second-order valence-electron chi connectivity index (χ2n) is 5.41. The second kappa shape index (κ2) is 7.73. The SMILES string of the molecule is CN(C)C(=O)COC(=O)c1ccc(S(=O)(=O)N2CCOCC2)cc1. The zero-order valence-corrected chi connectivity index (χ0v) is 14.4. The number of esters is 1. The molecule has 0 aromatic heterocycles. The molecule has 0 saturated carbocycles. The summed E-state index contributed by atoms with van der Waals surface area (Å²) in [4.78, 5) is 24.7. The van der Waals surface area contributed by atoms with E-state index in [1.165, 1.54) is 33.5 Å². The first kappa shape index (κ1) is 18.4. The van der Waals surface area contributed by atoms with Gasteiger partial charge < -0.3 is 14.4 Å². The summed E-state index contributed by atoms with van der Waals surface area (Å²) in [5.74, 6) is -1.02. The molecule has 132 valence electrons. The largest absolute Gasteiger partial charge is 0.452 e. The van der Waals surface area contributed by atoms with Gasteiger partial charge in [0, 0.05) is 27.2 Å². The highest BCUT2D eigenvalue weighted by atomic mass is 32.2. The average Bonchev–Trinajstić information content (AvgIpc) is 2.60. The van der Waals surface area contributed by atoms with Crippen LogP contribution in [0.4, 0.5) is 0 Å². The molecule has 1 aromatic rings. The molecule has 0 bridgehead atoms. The molecule has 0 N–H and O–H groups in total. The van der Waals surface area contributed by atoms with E-state index in [0.717, 1.165) is 0 Å². The van der Waals surface area contributed by atoms with E-state index in [2.05, 4.69) is 0 Å². The van der Waals surface area contributed by atoms with Crippen molar-refractivity contribution >= 4 is 21.9 Å². The van der Waals surface area contributed by atoms with E-state index in [1.807, 2.05) is 0 Å². The molecule has 9 heteroatoms. The van der Waals surface area contributed by atoms with Crippen LogP contribution in [0, 0.1) is 0 Å². The first-order chi connectivity index (χ1) is 11.3. The van der Waals surface area contributed by atoms with Crippen LogP contribution < -0.4 is 0 Å². The number of amides is 1. The molecule has 1 heterocycles. The maximum Gasteiger partial charge on any atom is 0.338 e. The van der Waals surface area contributed by atoms with E-state index in [4.69, 9.17) is 9.47 Å². The lowest BCUT2D eigenvalue weighted by Gasteiger charge is -2.26. The van der Waals surface area contributed by atoms with Crippen molar-refractivity contribution in [3.05, 3.63) is 29.8 Å². The van der Waals surface area contributed by atoms with Gasteiger partial charge in [0.25, 0.3) is 5.91 Å². The Labute approximate surface area is 141 Å². The summed E-state index contributed by atoms with van der Waals surface area (Å²) in [6.07, 6.45) is 0. The van der Waals surface area contributed by atoms with E-state index >= 15 is 0 Å². The fourth-order valence-electron chi connectivity index (χ4n) is 2.04. The quantitative estimate of drug-likeness (QED) is 0.687. The molecule has 1 aliphatic heterocycles. The summed E-state index contributed by atoms with van der Waals surface area (Å²) in [5, 5.41) is 0. The van der Waals surface area contributed by atoms with E-state index in [1.54, 1.807) is 14.1 Å². The van der Waals surface area contributed by atoms with Crippen molar-refractivity contribution in [2.24, 2.45) is 0 Å². The molecule has 1 aromatic carbocycles.